The zero-order chi connectivity index (χ0) is 9.78. The van der Waals surface area contributed by atoms with Gasteiger partial charge in [0.2, 0.25) is 0 Å². The van der Waals surface area contributed by atoms with Crippen LogP contribution in [0.15, 0.2) is 0 Å². The van der Waals surface area contributed by atoms with Gasteiger partial charge >= 0.3 is 0 Å². The topological polar surface area (TPSA) is 20.2 Å². The normalized spacial score (nSPS) is 15.2. The van der Waals surface area contributed by atoms with E-state index in [1.165, 1.54) is 6.42 Å². The largest absolute Gasteiger partial charge is 0.396 e. The second kappa shape index (κ2) is 4.86. The van der Waals surface area contributed by atoms with Crippen LogP contribution in [-0.2, 0) is 0 Å². The smallest absolute Gasteiger partial charge is 0.0433 e. The highest BCUT2D eigenvalue weighted by Crippen LogP contribution is 2.30. The average Bonchev–Trinajstić information content (AvgIpc) is 1.83. The van der Waals surface area contributed by atoms with Crippen LogP contribution in [0, 0.1) is 17.3 Å². The lowest BCUT2D eigenvalue weighted by molar-refractivity contribution is 0.183. The molecule has 0 aromatic heterocycles. The molecule has 0 bridgehead atoms. The third-order valence-corrected chi connectivity index (χ3v) is 2.32. The molecule has 0 amide bonds. The van der Waals surface area contributed by atoms with E-state index in [-0.39, 0.29) is 0 Å². The SMILES string of the molecule is CC(C)C(CCO)CC(C)(C)C. The zero-order valence-electron chi connectivity index (χ0n) is 9.22. The molecule has 1 N–H and O–H groups in total. The van der Waals surface area contributed by atoms with Gasteiger partial charge in [-0.3, -0.25) is 0 Å². The summed E-state index contributed by atoms with van der Waals surface area (Å²) in [6, 6.07) is 0. The summed E-state index contributed by atoms with van der Waals surface area (Å²) in [5.41, 5.74) is 0.393. The van der Waals surface area contributed by atoms with Crippen molar-refractivity contribution in [3.8, 4) is 0 Å². The molecule has 0 spiro atoms. The van der Waals surface area contributed by atoms with Crippen LogP contribution in [0.4, 0.5) is 0 Å². The van der Waals surface area contributed by atoms with Gasteiger partial charge in [-0.1, -0.05) is 34.6 Å². The molecule has 0 saturated heterocycles. The second-order valence-electron chi connectivity index (χ2n) is 5.28. The molecule has 0 rings (SSSR count). The molecule has 12 heavy (non-hydrogen) atoms. The highest BCUT2D eigenvalue weighted by Gasteiger charge is 2.20. The standard InChI is InChI=1S/C11H24O/c1-9(2)10(6-7-12)8-11(3,4)5/h9-10,12H,6-8H2,1-5H3. The maximum absolute atomic E-state index is 8.88. The van der Waals surface area contributed by atoms with E-state index >= 15 is 0 Å². The lowest BCUT2D eigenvalue weighted by atomic mass is 9.78. The van der Waals surface area contributed by atoms with Gasteiger partial charge in [-0.15, -0.1) is 0 Å². The number of aliphatic hydroxyl groups is 1. The Morgan fingerprint density at radius 3 is 1.92 bits per heavy atom. The fourth-order valence-electron chi connectivity index (χ4n) is 1.62. The maximum atomic E-state index is 8.88. The van der Waals surface area contributed by atoms with Crippen molar-refractivity contribution in [3.63, 3.8) is 0 Å². The Labute approximate surface area is 77.2 Å². The van der Waals surface area contributed by atoms with Crippen LogP contribution >= 0.6 is 0 Å². The van der Waals surface area contributed by atoms with Crippen molar-refractivity contribution in [2.75, 3.05) is 6.61 Å². The first-order valence-corrected chi connectivity index (χ1v) is 4.97. The van der Waals surface area contributed by atoms with E-state index in [9.17, 15) is 0 Å². The molecule has 1 nitrogen and oxygen atoms in total. The average molecular weight is 172 g/mol. The Bertz CT molecular complexity index is 111. The predicted octanol–water partition coefficient (Wildman–Crippen LogP) is 3.08. The van der Waals surface area contributed by atoms with Gasteiger partial charge in [-0.25, -0.2) is 0 Å². The van der Waals surface area contributed by atoms with Gasteiger partial charge < -0.3 is 5.11 Å². The molecule has 1 unspecified atom stereocenters. The lowest BCUT2D eigenvalue weighted by Gasteiger charge is -2.28. The van der Waals surface area contributed by atoms with E-state index in [1.807, 2.05) is 0 Å². The Hall–Kier alpha value is -0.0400. The molecule has 0 saturated carbocycles. The molecule has 1 atom stereocenters. The summed E-state index contributed by atoms with van der Waals surface area (Å²) in [5.74, 6) is 1.37. The lowest BCUT2D eigenvalue weighted by Crippen LogP contribution is -2.18. The highest BCUT2D eigenvalue weighted by molar-refractivity contribution is 4.71. The molecular formula is C11H24O. The van der Waals surface area contributed by atoms with Gasteiger partial charge in [0.25, 0.3) is 0 Å². The first-order valence-electron chi connectivity index (χ1n) is 4.97. The summed E-state index contributed by atoms with van der Waals surface area (Å²) in [6.07, 6.45) is 2.17. The van der Waals surface area contributed by atoms with Crippen molar-refractivity contribution in [2.45, 2.75) is 47.5 Å². The van der Waals surface area contributed by atoms with Crippen molar-refractivity contribution >= 4 is 0 Å². The van der Waals surface area contributed by atoms with Gasteiger partial charge in [-0.05, 0) is 30.1 Å². The minimum Gasteiger partial charge on any atom is -0.396 e. The van der Waals surface area contributed by atoms with E-state index in [1.54, 1.807) is 0 Å². The quantitative estimate of drug-likeness (QED) is 0.691. The van der Waals surface area contributed by atoms with Gasteiger partial charge in [0.15, 0.2) is 0 Å². The molecule has 0 aromatic rings. The Balaban J connectivity index is 3.95. The third kappa shape index (κ3) is 5.59. The molecule has 0 fully saturated rings. The summed E-state index contributed by atoms with van der Waals surface area (Å²) in [7, 11) is 0. The number of hydrogen-bond acceptors (Lipinski definition) is 1. The fraction of sp³-hybridized carbons (Fsp3) is 1.00. The predicted molar refractivity (Wildman–Crippen MR) is 54.1 cm³/mol. The Morgan fingerprint density at radius 1 is 1.17 bits per heavy atom. The number of aliphatic hydroxyl groups excluding tert-OH is 1. The molecular weight excluding hydrogens is 148 g/mol. The summed E-state index contributed by atoms with van der Waals surface area (Å²) >= 11 is 0. The van der Waals surface area contributed by atoms with Crippen LogP contribution in [0.25, 0.3) is 0 Å². The van der Waals surface area contributed by atoms with E-state index in [0.717, 1.165) is 6.42 Å². The minimum atomic E-state index is 0.332. The van der Waals surface area contributed by atoms with Crippen LogP contribution in [0.3, 0.4) is 0 Å². The molecule has 0 aliphatic rings. The fourth-order valence-corrected chi connectivity index (χ4v) is 1.62. The van der Waals surface area contributed by atoms with Crippen molar-refractivity contribution in [2.24, 2.45) is 17.3 Å². The summed E-state index contributed by atoms with van der Waals surface area (Å²) in [4.78, 5) is 0. The van der Waals surface area contributed by atoms with Gasteiger partial charge in [-0.2, -0.15) is 0 Å². The summed E-state index contributed by atoms with van der Waals surface area (Å²) < 4.78 is 0. The van der Waals surface area contributed by atoms with Crippen molar-refractivity contribution < 1.29 is 5.11 Å². The van der Waals surface area contributed by atoms with E-state index < -0.39 is 0 Å². The first kappa shape index (κ1) is 12.0. The minimum absolute atomic E-state index is 0.332. The number of hydrogen-bond donors (Lipinski definition) is 1. The van der Waals surface area contributed by atoms with Crippen LogP contribution in [0.2, 0.25) is 0 Å². The molecule has 0 aliphatic heterocycles. The molecule has 74 valence electrons. The molecule has 1 heteroatoms. The Morgan fingerprint density at radius 2 is 1.67 bits per heavy atom. The monoisotopic (exact) mass is 172 g/mol. The Kier molecular flexibility index (Phi) is 4.84. The van der Waals surface area contributed by atoms with Crippen molar-refractivity contribution in [1.82, 2.24) is 0 Å². The van der Waals surface area contributed by atoms with Gasteiger partial charge in [0, 0.05) is 6.61 Å². The second-order valence-corrected chi connectivity index (χ2v) is 5.28. The van der Waals surface area contributed by atoms with Gasteiger partial charge in [0.1, 0.15) is 0 Å². The van der Waals surface area contributed by atoms with Crippen molar-refractivity contribution in [3.05, 3.63) is 0 Å². The van der Waals surface area contributed by atoms with E-state index in [2.05, 4.69) is 34.6 Å². The summed E-state index contributed by atoms with van der Waals surface area (Å²) in [5, 5.41) is 8.88. The summed E-state index contributed by atoms with van der Waals surface area (Å²) in [6.45, 7) is 11.6. The highest BCUT2D eigenvalue weighted by atomic mass is 16.3. The number of rotatable bonds is 4. The molecule has 0 aliphatic carbocycles. The van der Waals surface area contributed by atoms with Crippen LogP contribution in [-0.4, -0.2) is 11.7 Å². The molecule has 0 aromatic carbocycles. The van der Waals surface area contributed by atoms with Crippen LogP contribution in [0.1, 0.15) is 47.5 Å². The van der Waals surface area contributed by atoms with Crippen LogP contribution < -0.4 is 0 Å². The zero-order valence-corrected chi connectivity index (χ0v) is 9.22. The first-order chi connectivity index (χ1) is 5.37. The maximum Gasteiger partial charge on any atom is 0.0433 e. The van der Waals surface area contributed by atoms with Crippen LogP contribution in [0.5, 0.6) is 0 Å². The van der Waals surface area contributed by atoms with E-state index in [0.29, 0.717) is 23.9 Å². The van der Waals surface area contributed by atoms with Crippen molar-refractivity contribution in [1.29, 1.82) is 0 Å². The van der Waals surface area contributed by atoms with E-state index in [4.69, 9.17) is 5.11 Å². The third-order valence-electron chi connectivity index (χ3n) is 2.32. The molecule has 0 heterocycles. The van der Waals surface area contributed by atoms with Gasteiger partial charge in [0.05, 0.1) is 0 Å². The molecule has 0 radical (unpaired) electrons.